The van der Waals surface area contributed by atoms with Gasteiger partial charge in [0, 0.05) is 36.9 Å². The number of anilines is 3. The van der Waals surface area contributed by atoms with Gasteiger partial charge in [0.1, 0.15) is 11.2 Å². The van der Waals surface area contributed by atoms with Crippen LogP contribution in [0, 0.1) is 0 Å². The largest absolute Gasteiger partial charge is 0.456 e. The van der Waals surface area contributed by atoms with E-state index >= 15 is 0 Å². The summed E-state index contributed by atoms with van der Waals surface area (Å²) in [5, 5.41) is 4.82. The zero-order chi connectivity index (χ0) is 37.7. The lowest BCUT2D eigenvalue weighted by Crippen LogP contribution is -2.10. The average Bonchev–Trinajstić information content (AvgIpc) is 3.87. The van der Waals surface area contributed by atoms with Gasteiger partial charge >= 0.3 is 0 Å². The predicted molar refractivity (Wildman–Crippen MR) is 243 cm³/mol. The molecule has 0 bridgehead atoms. The van der Waals surface area contributed by atoms with Gasteiger partial charge in [-0.15, -0.1) is 11.3 Å². The third-order valence-corrected chi connectivity index (χ3v) is 12.3. The Kier molecular flexibility index (Phi) is 8.04. The van der Waals surface area contributed by atoms with Crippen molar-refractivity contribution in [1.29, 1.82) is 0 Å². The van der Waals surface area contributed by atoms with Gasteiger partial charge in [-0.3, -0.25) is 0 Å². The van der Waals surface area contributed by atoms with Crippen LogP contribution in [-0.4, -0.2) is 0 Å². The normalized spacial score (nSPS) is 11.5. The van der Waals surface area contributed by atoms with E-state index in [-0.39, 0.29) is 0 Å². The predicted octanol–water partition coefficient (Wildman–Crippen LogP) is 16.1. The molecule has 9 aromatic carbocycles. The van der Waals surface area contributed by atoms with Crippen molar-refractivity contribution < 1.29 is 4.42 Å². The van der Waals surface area contributed by atoms with E-state index in [2.05, 4.69) is 205 Å². The maximum atomic E-state index is 6.38. The minimum Gasteiger partial charge on any atom is -0.456 e. The molecule has 2 heterocycles. The molecule has 57 heavy (non-hydrogen) atoms. The van der Waals surface area contributed by atoms with Gasteiger partial charge in [-0.2, -0.15) is 0 Å². The van der Waals surface area contributed by atoms with E-state index in [1.54, 1.807) is 0 Å². The summed E-state index contributed by atoms with van der Waals surface area (Å²) in [5.74, 6) is 0. The Morgan fingerprint density at radius 3 is 1.56 bits per heavy atom. The van der Waals surface area contributed by atoms with E-state index in [0.29, 0.717) is 0 Å². The summed E-state index contributed by atoms with van der Waals surface area (Å²) >= 11 is 1.88. The lowest BCUT2D eigenvalue weighted by molar-refractivity contribution is 0.669. The first kappa shape index (κ1) is 33.2. The van der Waals surface area contributed by atoms with Gasteiger partial charge in [0.15, 0.2) is 0 Å². The number of fused-ring (bicyclic) bond motifs is 6. The molecule has 0 unspecified atom stereocenters. The topological polar surface area (TPSA) is 16.4 Å². The molecule has 11 aromatic rings. The molecular weight excluding hydrogens is 711 g/mol. The summed E-state index contributed by atoms with van der Waals surface area (Å²) in [6, 6.07) is 76.4. The maximum absolute atomic E-state index is 6.38. The van der Waals surface area contributed by atoms with Crippen molar-refractivity contribution in [2.45, 2.75) is 0 Å². The SMILES string of the molecule is c1ccc(-c2ccc(N(c3ccc(-c4cc(-c5ccccc5)cc(-c5cccc6c5sc5ccccc56)c4)cc3)c3cccc4oc5ccccc5c34)cc2)cc1. The van der Waals surface area contributed by atoms with Gasteiger partial charge in [-0.1, -0.05) is 146 Å². The van der Waals surface area contributed by atoms with Crippen LogP contribution >= 0.6 is 11.3 Å². The molecule has 0 aliphatic rings. The molecule has 0 fully saturated rings. The smallest absolute Gasteiger partial charge is 0.137 e. The van der Waals surface area contributed by atoms with Gasteiger partial charge in [-0.25, -0.2) is 0 Å². The summed E-state index contributed by atoms with van der Waals surface area (Å²) in [5.41, 5.74) is 14.6. The van der Waals surface area contributed by atoms with Crippen LogP contribution in [0.1, 0.15) is 0 Å². The number of furan rings is 1. The summed E-state index contributed by atoms with van der Waals surface area (Å²) in [6.07, 6.45) is 0. The second-order valence-electron chi connectivity index (χ2n) is 14.5. The van der Waals surface area contributed by atoms with Crippen molar-refractivity contribution in [2.24, 2.45) is 0 Å². The van der Waals surface area contributed by atoms with Gasteiger partial charge in [0.05, 0.1) is 11.1 Å². The Bertz CT molecular complexity index is 3210. The molecule has 0 radical (unpaired) electrons. The van der Waals surface area contributed by atoms with Gasteiger partial charge in [0.2, 0.25) is 0 Å². The van der Waals surface area contributed by atoms with Crippen LogP contribution in [0.15, 0.2) is 217 Å². The quantitative estimate of drug-likeness (QED) is 0.162. The minimum atomic E-state index is 0.870. The third-order valence-electron chi connectivity index (χ3n) is 11.1. The Balaban J connectivity index is 1.06. The van der Waals surface area contributed by atoms with Gasteiger partial charge in [0.25, 0.3) is 0 Å². The average molecular weight is 746 g/mol. The number of hydrogen-bond donors (Lipinski definition) is 0. The highest BCUT2D eigenvalue weighted by Crippen LogP contribution is 2.45. The van der Waals surface area contributed by atoms with Gasteiger partial charge < -0.3 is 9.32 Å². The molecule has 0 aliphatic heterocycles. The van der Waals surface area contributed by atoms with Crippen LogP contribution in [0.4, 0.5) is 17.1 Å². The Morgan fingerprint density at radius 1 is 0.351 bits per heavy atom. The maximum Gasteiger partial charge on any atom is 0.137 e. The van der Waals surface area contributed by atoms with E-state index in [9.17, 15) is 0 Å². The van der Waals surface area contributed by atoms with E-state index in [0.717, 1.165) is 44.6 Å². The molecule has 0 aliphatic carbocycles. The van der Waals surface area contributed by atoms with Crippen LogP contribution in [0.25, 0.3) is 86.6 Å². The van der Waals surface area contributed by atoms with Crippen molar-refractivity contribution in [2.75, 3.05) is 4.90 Å². The highest BCUT2D eigenvalue weighted by molar-refractivity contribution is 7.26. The number of nitrogens with zero attached hydrogens (tertiary/aromatic N) is 1. The van der Waals surface area contributed by atoms with Crippen molar-refractivity contribution in [3.05, 3.63) is 212 Å². The van der Waals surface area contributed by atoms with E-state index in [1.165, 1.54) is 59.1 Å². The van der Waals surface area contributed by atoms with Gasteiger partial charge in [-0.05, 0) is 111 Å². The zero-order valence-corrected chi connectivity index (χ0v) is 31.8. The molecular formula is C54H35NOS. The Hall–Kier alpha value is -7.20. The highest BCUT2D eigenvalue weighted by Gasteiger charge is 2.20. The molecule has 0 saturated carbocycles. The molecule has 11 rings (SSSR count). The molecule has 2 aromatic heterocycles. The van der Waals surface area contributed by atoms with Crippen molar-refractivity contribution in [1.82, 2.24) is 0 Å². The van der Waals surface area contributed by atoms with Crippen molar-refractivity contribution in [3.8, 4) is 44.5 Å². The molecule has 0 amide bonds. The molecule has 0 N–H and O–H groups in total. The number of thiophene rings is 1. The standard InChI is InChI=1S/C54H35NOS/c1-3-13-36(14-4-1)38-25-29-43(30-26-38)55(49-21-12-23-51-53(49)48-18-7-9-22-50(48)56-51)44-31-27-39(28-32-44)41-33-40(37-15-5-2-6-16-37)34-42(35-41)45-19-11-20-47-46-17-8-10-24-52(46)57-54(45)47/h1-35H. The van der Waals surface area contributed by atoms with Crippen LogP contribution in [0.2, 0.25) is 0 Å². The second-order valence-corrected chi connectivity index (χ2v) is 15.5. The molecule has 2 nitrogen and oxygen atoms in total. The van der Waals surface area contributed by atoms with Crippen LogP contribution in [0.3, 0.4) is 0 Å². The fourth-order valence-corrected chi connectivity index (χ4v) is 9.57. The third kappa shape index (κ3) is 5.88. The highest BCUT2D eigenvalue weighted by atomic mass is 32.1. The first-order valence-electron chi connectivity index (χ1n) is 19.3. The zero-order valence-electron chi connectivity index (χ0n) is 31.0. The number of hydrogen-bond acceptors (Lipinski definition) is 3. The summed E-state index contributed by atoms with van der Waals surface area (Å²) in [6.45, 7) is 0. The summed E-state index contributed by atoms with van der Waals surface area (Å²) in [4.78, 5) is 2.36. The monoisotopic (exact) mass is 745 g/mol. The lowest BCUT2D eigenvalue weighted by atomic mass is 9.92. The molecule has 0 saturated heterocycles. The summed E-state index contributed by atoms with van der Waals surface area (Å²) in [7, 11) is 0. The minimum absolute atomic E-state index is 0.870. The second kappa shape index (κ2) is 13.8. The Labute approximate surface area is 335 Å². The molecule has 0 atom stereocenters. The fraction of sp³-hybridized carbons (Fsp3) is 0. The molecule has 3 heteroatoms. The van der Waals surface area contributed by atoms with Crippen LogP contribution in [0.5, 0.6) is 0 Å². The van der Waals surface area contributed by atoms with Crippen LogP contribution in [-0.2, 0) is 0 Å². The summed E-state index contributed by atoms with van der Waals surface area (Å²) < 4.78 is 9.01. The first-order valence-corrected chi connectivity index (χ1v) is 20.1. The van der Waals surface area contributed by atoms with E-state index < -0.39 is 0 Å². The van der Waals surface area contributed by atoms with Crippen molar-refractivity contribution >= 4 is 70.5 Å². The fourth-order valence-electron chi connectivity index (χ4n) is 8.33. The van der Waals surface area contributed by atoms with E-state index in [1.807, 2.05) is 23.5 Å². The number of benzene rings is 9. The first-order chi connectivity index (χ1) is 28.2. The van der Waals surface area contributed by atoms with E-state index in [4.69, 9.17) is 4.42 Å². The number of para-hydroxylation sites is 1. The molecule has 268 valence electrons. The van der Waals surface area contributed by atoms with Crippen LogP contribution < -0.4 is 4.90 Å². The lowest BCUT2D eigenvalue weighted by Gasteiger charge is -2.26. The Morgan fingerprint density at radius 2 is 0.860 bits per heavy atom. The number of rotatable bonds is 7. The molecule has 0 spiro atoms. The van der Waals surface area contributed by atoms with Crippen molar-refractivity contribution in [3.63, 3.8) is 0 Å².